The van der Waals surface area contributed by atoms with Gasteiger partial charge in [0.1, 0.15) is 12.3 Å². The Morgan fingerprint density at radius 3 is 2.58 bits per heavy atom. The molecule has 1 fully saturated rings. The highest BCUT2D eigenvalue weighted by molar-refractivity contribution is 7.98. The van der Waals surface area contributed by atoms with Gasteiger partial charge in [0.15, 0.2) is 0 Å². The van der Waals surface area contributed by atoms with E-state index >= 15 is 0 Å². The summed E-state index contributed by atoms with van der Waals surface area (Å²) in [5.74, 6) is 0.578. The van der Waals surface area contributed by atoms with Crippen molar-refractivity contribution in [3.63, 3.8) is 0 Å². The highest BCUT2D eigenvalue weighted by Crippen LogP contribution is 2.19. The minimum absolute atomic E-state index is 0.0141. The molecule has 1 unspecified atom stereocenters. The van der Waals surface area contributed by atoms with E-state index in [1.165, 1.54) is 0 Å². The quantitative estimate of drug-likeness (QED) is 0.577. The fourth-order valence-corrected chi connectivity index (χ4v) is 3.89. The lowest BCUT2D eigenvalue weighted by atomic mass is 10.2. The molecular weight excluding hydrogens is 414 g/mol. The van der Waals surface area contributed by atoms with Crippen molar-refractivity contribution in [2.45, 2.75) is 50.3 Å². The first-order valence-corrected chi connectivity index (χ1v) is 11.8. The Morgan fingerprint density at radius 2 is 2.00 bits per heavy atom. The molecule has 3 amide bonds. The van der Waals surface area contributed by atoms with E-state index < -0.39 is 0 Å². The molecule has 1 aromatic carbocycles. The maximum Gasteiger partial charge on any atom is 0.322 e. The average molecular weight is 446 g/mol. The monoisotopic (exact) mass is 445 g/mol. The van der Waals surface area contributed by atoms with E-state index in [1.807, 2.05) is 50.4 Å². The smallest absolute Gasteiger partial charge is 0.322 e. The highest BCUT2D eigenvalue weighted by Gasteiger charge is 2.27. The number of ether oxygens (including phenoxy) is 1. The standard InChI is InChI=1S/C23H31N3O4S/c1-17(2)26(23(28)24-18-8-10-21(31-3)11-9-18)16-22(27)25(14-19-6-4-12-29-19)15-20-7-5-13-30-20/h4,6,8-12,17,20H,5,7,13-16H2,1-3H3,(H,24,28). The number of furan rings is 1. The van der Waals surface area contributed by atoms with Crippen LogP contribution in [0.25, 0.3) is 0 Å². The van der Waals surface area contributed by atoms with Crippen molar-refractivity contribution < 1.29 is 18.7 Å². The molecule has 1 aliphatic rings. The van der Waals surface area contributed by atoms with E-state index in [4.69, 9.17) is 9.15 Å². The molecule has 0 aliphatic carbocycles. The second-order valence-electron chi connectivity index (χ2n) is 7.87. The van der Waals surface area contributed by atoms with Crippen LogP contribution in [0.3, 0.4) is 0 Å². The Kier molecular flexibility index (Phi) is 8.43. The summed E-state index contributed by atoms with van der Waals surface area (Å²) in [5, 5.41) is 2.90. The first-order chi connectivity index (χ1) is 15.0. The van der Waals surface area contributed by atoms with Crippen LogP contribution in [0.1, 0.15) is 32.4 Å². The third-order valence-corrected chi connectivity index (χ3v) is 6.00. The summed E-state index contributed by atoms with van der Waals surface area (Å²) in [6.45, 7) is 5.36. The number of amides is 3. The van der Waals surface area contributed by atoms with Gasteiger partial charge in [-0.05, 0) is 69.3 Å². The molecule has 2 aromatic rings. The van der Waals surface area contributed by atoms with E-state index in [-0.39, 0.29) is 30.6 Å². The van der Waals surface area contributed by atoms with Gasteiger partial charge < -0.3 is 24.3 Å². The number of nitrogens with zero attached hydrogens (tertiary/aromatic N) is 2. The SMILES string of the molecule is CSc1ccc(NC(=O)N(CC(=O)N(Cc2ccco2)CC2CCCO2)C(C)C)cc1. The maximum absolute atomic E-state index is 13.2. The number of nitrogens with one attached hydrogen (secondary N) is 1. The summed E-state index contributed by atoms with van der Waals surface area (Å²) < 4.78 is 11.2. The zero-order valence-electron chi connectivity index (χ0n) is 18.4. The van der Waals surface area contributed by atoms with E-state index in [9.17, 15) is 9.59 Å². The number of hydrogen-bond donors (Lipinski definition) is 1. The lowest BCUT2D eigenvalue weighted by Crippen LogP contribution is -2.48. The lowest BCUT2D eigenvalue weighted by molar-refractivity contribution is -0.134. The van der Waals surface area contributed by atoms with Crippen molar-refractivity contribution in [2.75, 3.05) is 31.3 Å². The highest BCUT2D eigenvalue weighted by atomic mass is 32.2. The van der Waals surface area contributed by atoms with Crippen molar-refractivity contribution in [3.05, 3.63) is 48.4 Å². The van der Waals surface area contributed by atoms with Gasteiger partial charge >= 0.3 is 6.03 Å². The summed E-state index contributed by atoms with van der Waals surface area (Å²) in [7, 11) is 0. The van der Waals surface area contributed by atoms with E-state index in [0.29, 0.717) is 24.5 Å². The maximum atomic E-state index is 13.2. The topological polar surface area (TPSA) is 75.0 Å². The summed E-state index contributed by atoms with van der Waals surface area (Å²) in [4.78, 5) is 30.5. The predicted molar refractivity (Wildman–Crippen MR) is 122 cm³/mol. The third kappa shape index (κ3) is 6.77. The van der Waals surface area contributed by atoms with E-state index in [0.717, 1.165) is 24.3 Å². The van der Waals surface area contributed by atoms with Crippen molar-refractivity contribution in [1.29, 1.82) is 0 Å². The molecule has 0 bridgehead atoms. The molecule has 2 heterocycles. The molecule has 0 saturated carbocycles. The third-order valence-electron chi connectivity index (χ3n) is 5.26. The molecule has 0 radical (unpaired) electrons. The number of benzene rings is 1. The van der Waals surface area contributed by atoms with Crippen LogP contribution in [0.15, 0.2) is 52.0 Å². The minimum atomic E-state index is -0.296. The molecule has 1 saturated heterocycles. The second kappa shape index (κ2) is 11.2. The van der Waals surface area contributed by atoms with Gasteiger partial charge in [-0.15, -0.1) is 11.8 Å². The van der Waals surface area contributed by atoms with Crippen LogP contribution < -0.4 is 5.32 Å². The molecule has 31 heavy (non-hydrogen) atoms. The largest absolute Gasteiger partial charge is 0.467 e. The molecular formula is C23H31N3O4S. The molecule has 1 atom stereocenters. The van der Waals surface area contributed by atoms with Crippen LogP contribution in [0, 0.1) is 0 Å². The van der Waals surface area contributed by atoms with Crippen LogP contribution in [0.5, 0.6) is 0 Å². The molecule has 8 heteroatoms. The summed E-state index contributed by atoms with van der Waals surface area (Å²) in [6.07, 6.45) is 5.56. The normalized spacial score (nSPS) is 15.8. The fourth-order valence-electron chi connectivity index (χ4n) is 3.48. The van der Waals surface area contributed by atoms with Crippen LogP contribution in [-0.2, 0) is 16.1 Å². The number of carbonyl (C=O) groups is 2. The number of anilines is 1. The van der Waals surface area contributed by atoms with Crippen molar-refractivity contribution in [3.8, 4) is 0 Å². The average Bonchev–Trinajstić information content (AvgIpc) is 3.46. The number of urea groups is 1. The van der Waals surface area contributed by atoms with Gasteiger partial charge in [0.25, 0.3) is 0 Å². The molecule has 168 valence electrons. The van der Waals surface area contributed by atoms with Crippen molar-refractivity contribution in [1.82, 2.24) is 9.80 Å². The van der Waals surface area contributed by atoms with Gasteiger partial charge in [-0.2, -0.15) is 0 Å². The molecule has 1 aliphatic heterocycles. The minimum Gasteiger partial charge on any atom is -0.467 e. The predicted octanol–water partition coefficient (Wildman–Crippen LogP) is 4.45. The summed E-state index contributed by atoms with van der Waals surface area (Å²) in [5.41, 5.74) is 0.702. The molecule has 1 aromatic heterocycles. The van der Waals surface area contributed by atoms with Crippen molar-refractivity contribution >= 4 is 29.4 Å². The Balaban J connectivity index is 1.67. The van der Waals surface area contributed by atoms with Gasteiger partial charge in [0.2, 0.25) is 5.91 Å². The Hall–Kier alpha value is -2.45. The molecule has 1 N–H and O–H groups in total. The van der Waals surface area contributed by atoms with Gasteiger partial charge in [-0.25, -0.2) is 4.79 Å². The Bertz CT molecular complexity index is 833. The first-order valence-electron chi connectivity index (χ1n) is 10.6. The van der Waals surface area contributed by atoms with Crippen LogP contribution >= 0.6 is 11.8 Å². The van der Waals surface area contributed by atoms with Gasteiger partial charge in [-0.3, -0.25) is 4.79 Å². The zero-order chi connectivity index (χ0) is 22.2. The second-order valence-corrected chi connectivity index (χ2v) is 8.75. The van der Waals surface area contributed by atoms with Gasteiger partial charge in [-0.1, -0.05) is 0 Å². The Morgan fingerprint density at radius 1 is 1.23 bits per heavy atom. The van der Waals surface area contributed by atoms with Crippen LogP contribution in [-0.4, -0.2) is 59.8 Å². The molecule has 7 nitrogen and oxygen atoms in total. The van der Waals surface area contributed by atoms with Gasteiger partial charge in [0, 0.05) is 29.8 Å². The molecule has 3 rings (SSSR count). The van der Waals surface area contributed by atoms with E-state index in [2.05, 4.69) is 5.32 Å². The summed E-state index contributed by atoms with van der Waals surface area (Å²) in [6, 6.07) is 10.9. The summed E-state index contributed by atoms with van der Waals surface area (Å²) >= 11 is 1.64. The van der Waals surface area contributed by atoms with Crippen LogP contribution in [0.2, 0.25) is 0 Å². The molecule has 0 spiro atoms. The first kappa shape index (κ1) is 23.2. The number of carbonyl (C=O) groups excluding carboxylic acids is 2. The van der Waals surface area contributed by atoms with E-state index in [1.54, 1.807) is 33.9 Å². The number of rotatable bonds is 9. The lowest BCUT2D eigenvalue weighted by Gasteiger charge is -2.30. The Labute approximate surface area is 188 Å². The number of hydrogen-bond acceptors (Lipinski definition) is 5. The van der Waals surface area contributed by atoms with Crippen LogP contribution in [0.4, 0.5) is 10.5 Å². The van der Waals surface area contributed by atoms with Gasteiger partial charge in [0.05, 0.1) is 18.9 Å². The zero-order valence-corrected chi connectivity index (χ0v) is 19.2. The number of thioether (sulfide) groups is 1. The van der Waals surface area contributed by atoms with Crippen molar-refractivity contribution in [2.24, 2.45) is 0 Å². The fraction of sp³-hybridized carbons (Fsp3) is 0.478.